The molecule has 232 valence electrons. The normalized spacial score (nSPS) is 12.0. The molecule has 0 saturated carbocycles. The van der Waals surface area contributed by atoms with Crippen molar-refractivity contribution in [1.82, 2.24) is 10.2 Å². The maximum absolute atomic E-state index is 14.0. The summed E-state index contributed by atoms with van der Waals surface area (Å²) < 4.78 is 26.8. The number of sulfonamides is 1. The lowest BCUT2D eigenvalue weighted by atomic mass is 10.0. The number of benzene rings is 3. The fourth-order valence-corrected chi connectivity index (χ4v) is 6.46. The highest BCUT2D eigenvalue weighted by atomic mass is 35.5. The van der Waals surface area contributed by atoms with Gasteiger partial charge >= 0.3 is 0 Å². The van der Waals surface area contributed by atoms with E-state index in [1.807, 2.05) is 37.3 Å². The average molecular weight is 667 g/mol. The number of rotatable bonds is 15. The van der Waals surface area contributed by atoms with Crippen molar-refractivity contribution in [2.75, 3.05) is 23.7 Å². The van der Waals surface area contributed by atoms with Crippen molar-refractivity contribution in [3.63, 3.8) is 0 Å². The number of amides is 2. The Labute approximate surface area is 270 Å². The molecule has 0 aliphatic heterocycles. The highest BCUT2D eigenvalue weighted by Gasteiger charge is 2.31. The predicted molar refractivity (Wildman–Crippen MR) is 176 cm³/mol. The summed E-state index contributed by atoms with van der Waals surface area (Å²) in [5.74, 6) is -0.597. The number of carbonyl (C=O) groups is 2. The molecule has 7 nitrogen and oxygen atoms in total. The second-order valence-corrected chi connectivity index (χ2v) is 13.5. The van der Waals surface area contributed by atoms with Crippen LogP contribution in [0.25, 0.3) is 0 Å². The summed E-state index contributed by atoms with van der Waals surface area (Å²) in [5.41, 5.74) is 2.51. The molecule has 0 saturated heterocycles. The van der Waals surface area contributed by atoms with Gasteiger partial charge in [0.05, 0.1) is 11.9 Å². The summed E-state index contributed by atoms with van der Waals surface area (Å²) in [6.07, 6.45) is 3.31. The Morgan fingerprint density at radius 1 is 0.884 bits per heavy atom. The first-order valence-corrected chi connectivity index (χ1v) is 17.2. The molecule has 0 aliphatic carbocycles. The van der Waals surface area contributed by atoms with E-state index in [0.29, 0.717) is 38.4 Å². The van der Waals surface area contributed by atoms with E-state index >= 15 is 0 Å². The number of hydrogen-bond donors (Lipinski definition) is 1. The van der Waals surface area contributed by atoms with Crippen molar-refractivity contribution >= 4 is 62.3 Å². The quantitative estimate of drug-likeness (QED) is 0.176. The minimum Gasteiger partial charge on any atom is -0.354 e. The molecular formula is C32H38Cl3N3O4S. The fraction of sp³-hybridized carbons (Fsp3) is 0.375. The molecule has 0 heterocycles. The number of nitrogens with one attached hydrogen (secondary N) is 1. The van der Waals surface area contributed by atoms with Crippen molar-refractivity contribution in [2.24, 2.45) is 0 Å². The molecule has 0 radical (unpaired) electrons. The van der Waals surface area contributed by atoms with Crippen molar-refractivity contribution in [3.8, 4) is 0 Å². The van der Waals surface area contributed by atoms with Crippen LogP contribution in [0.5, 0.6) is 0 Å². The maximum Gasteiger partial charge on any atom is 0.243 e. The maximum atomic E-state index is 14.0. The Hall–Kier alpha value is -2.78. The zero-order valence-electron chi connectivity index (χ0n) is 24.7. The van der Waals surface area contributed by atoms with Gasteiger partial charge in [-0.1, -0.05) is 90.6 Å². The molecule has 1 N–H and O–H groups in total. The first-order valence-electron chi connectivity index (χ1n) is 14.2. The lowest BCUT2D eigenvalue weighted by Gasteiger charge is -2.32. The van der Waals surface area contributed by atoms with Crippen molar-refractivity contribution in [1.29, 1.82) is 0 Å². The van der Waals surface area contributed by atoms with Crippen LogP contribution in [0, 0.1) is 6.92 Å². The molecular weight excluding hydrogens is 629 g/mol. The van der Waals surface area contributed by atoms with E-state index in [2.05, 4.69) is 5.32 Å². The van der Waals surface area contributed by atoms with Gasteiger partial charge in [-0.2, -0.15) is 0 Å². The average Bonchev–Trinajstić information content (AvgIpc) is 2.96. The van der Waals surface area contributed by atoms with Gasteiger partial charge in [0, 0.05) is 53.1 Å². The van der Waals surface area contributed by atoms with Gasteiger partial charge in [0.15, 0.2) is 0 Å². The van der Waals surface area contributed by atoms with E-state index < -0.39 is 16.1 Å². The van der Waals surface area contributed by atoms with Crippen LogP contribution in [0.15, 0.2) is 66.7 Å². The number of hydrogen-bond acceptors (Lipinski definition) is 4. The van der Waals surface area contributed by atoms with E-state index in [1.165, 1.54) is 9.21 Å². The third kappa shape index (κ3) is 9.86. The number of anilines is 1. The van der Waals surface area contributed by atoms with Gasteiger partial charge in [0.2, 0.25) is 21.8 Å². The second-order valence-electron chi connectivity index (χ2n) is 10.4. The van der Waals surface area contributed by atoms with Crippen LogP contribution in [-0.4, -0.2) is 50.5 Å². The Balaban J connectivity index is 1.93. The topological polar surface area (TPSA) is 86.8 Å². The smallest absolute Gasteiger partial charge is 0.243 e. The van der Waals surface area contributed by atoms with E-state index in [1.54, 1.807) is 43.3 Å². The summed E-state index contributed by atoms with van der Waals surface area (Å²) in [6.45, 7) is 4.34. The van der Waals surface area contributed by atoms with E-state index in [0.717, 1.165) is 24.7 Å². The van der Waals surface area contributed by atoms with Gasteiger partial charge in [-0.3, -0.25) is 13.9 Å². The Bertz CT molecular complexity index is 1480. The summed E-state index contributed by atoms with van der Waals surface area (Å²) in [5, 5.41) is 4.20. The van der Waals surface area contributed by atoms with Crippen molar-refractivity contribution in [2.45, 2.75) is 58.5 Å². The Morgan fingerprint density at radius 2 is 1.51 bits per heavy atom. The van der Waals surface area contributed by atoms with E-state index in [-0.39, 0.29) is 44.2 Å². The summed E-state index contributed by atoms with van der Waals surface area (Å²) in [4.78, 5) is 29.1. The van der Waals surface area contributed by atoms with Gasteiger partial charge in [-0.05, 0) is 55.2 Å². The van der Waals surface area contributed by atoms with E-state index in [4.69, 9.17) is 34.8 Å². The van der Waals surface area contributed by atoms with Crippen LogP contribution < -0.4 is 9.62 Å². The van der Waals surface area contributed by atoms with Gasteiger partial charge in [-0.25, -0.2) is 8.42 Å². The first-order chi connectivity index (χ1) is 20.4. The molecule has 3 aromatic rings. The third-order valence-electron chi connectivity index (χ3n) is 7.15. The minimum atomic E-state index is -3.67. The molecule has 0 bridgehead atoms. The number of carbonyl (C=O) groups excluding carboxylic acids is 2. The summed E-state index contributed by atoms with van der Waals surface area (Å²) in [6, 6.07) is 18.8. The molecule has 1 atom stereocenters. The lowest BCUT2D eigenvalue weighted by Crippen LogP contribution is -2.50. The molecule has 0 aliphatic rings. The SMILES string of the molecule is CCCCNC(=O)[C@H](Cc1ccccc1)N(Cc1c(Cl)cccc1Cl)C(=O)CCCN(c1cccc(Cl)c1C)S(C)(=O)=O. The molecule has 43 heavy (non-hydrogen) atoms. The number of nitrogens with zero attached hydrogens (tertiary/aromatic N) is 2. The van der Waals surface area contributed by atoms with Gasteiger partial charge < -0.3 is 10.2 Å². The second kappa shape index (κ2) is 16.3. The van der Waals surface area contributed by atoms with Gasteiger partial charge in [-0.15, -0.1) is 0 Å². The van der Waals surface area contributed by atoms with Crippen LogP contribution in [0.3, 0.4) is 0 Å². The van der Waals surface area contributed by atoms with Crippen molar-refractivity contribution < 1.29 is 18.0 Å². The standard InChI is InChI=1S/C32H38Cl3N3O4S/c1-4-5-19-36-32(40)30(21-24-12-7-6-8-13-24)37(22-25-27(34)15-9-16-28(25)35)31(39)18-11-20-38(43(3,41)42)29-17-10-14-26(33)23(29)2/h6-10,12-17,30H,4-5,11,18-22H2,1-3H3,(H,36,40)/t30-/m0/s1. The predicted octanol–water partition coefficient (Wildman–Crippen LogP) is 7.06. The highest BCUT2D eigenvalue weighted by Crippen LogP contribution is 2.30. The van der Waals surface area contributed by atoms with Crippen molar-refractivity contribution in [3.05, 3.63) is 98.5 Å². The molecule has 0 unspecified atom stereocenters. The number of unbranched alkanes of at least 4 members (excludes halogenated alkanes) is 1. The molecule has 0 aromatic heterocycles. The molecule has 2 amide bonds. The largest absolute Gasteiger partial charge is 0.354 e. The highest BCUT2D eigenvalue weighted by molar-refractivity contribution is 7.92. The van der Waals surface area contributed by atoms with Crippen LogP contribution in [0.4, 0.5) is 5.69 Å². The lowest BCUT2D eigenvalue weighted by molar-refractivity contribution is -0.141. The molecule has 3 rings (SSSR count). The molecule has 0 spiro atoms. The van der Waals surface area contributed by atoms with E-state index in [9.17, 15) is 18.0 Å². The summed E-state index contributed by atoms with van der Waals surface area (Å²) in [7, 11) is -3.67. The Morgan fingerprint density at radius 3 is 2.14 bits per heavy atom. The van der Waals surface area contributed by atoms with Gasteiger partial charge in [0.25, 0.3) is 0 Å². The van der Waals surface area contributed by atoms with Gasteiger partial charge in [0.1, 0.15) is 6.04 Å². The zero-order chi connectivity index (χ0) is 31.6. The zero-order valence-corrected chi connectivity index (χ0v) is 27.7. The van der Waals surface area contributed by atoms with Crippen LogP contribution in [0.1, 0.15) is 49.3 Å². The first kappa shape index (κ1) is 34.7. The molecule has 3 aromatic carbocycles. The monoisotopic (exact) mass is 665 g/mol. The molecule has 0 fully saturated rings. The van der Waals surface area contributed by atoms with Crippen LogP contribution in [0.2, 0.25) is 15.1 Å². The Kier molecular flexibility index (Phi) is 13.2. The summed E-state index contributed by atoms with van der Waals surface area (Å²) >= 11 is 19.3. The fourth-order valence-electron chi connectivity index (χ4n) is 4.76. The third-order valence-corrected chi connectivity index (χ3v) is 9.45. The van der Waals surface area contributed by atoms with Crippen LogP contribution in [-0.2, 0) is 32.6 Å². The molecule has 11 heteroatoms. The van der Waals surface area contributed by atoms with Crippen LogP contribution >= 0.6 is 34.8 Å². The minimum absolute atomic E-state index is 0.0127. The number of halogens is 3.